The van der Waals surface area contributed by atoms with Gasteiger partial charge >= 0.3 is 5.97 Å². The molecule has 104 valence electrons. The number of nitrogens with zero attached hydrogens (tertiary/aromatic N) is 2. The smallest absolute Gasteiger partial charge is 0.337 e. The van der Waals surface area contributed by atoms with Gasteiger partial charge in [-0.05, 0) is 31.7 Å². The lowest BCUT2D eigenvalue weighted by Gasteiger charge is -2.41. The fraction of sp³-hybridized carbons (Fsp3) is 0.500. The Kier molecular flexibility index (Phi) is 3.95. The van der Waals surface area contributed by atoms with Gasteiger partial charge in [0.15, 0.2) is 0 Å². The van der Waals surface area contributed by atoms with E-state index >= 15 is 0 Å². The molecule has 0 saturated carbocycles. The summed E-state index contributed by atoms with van der Waals surface area (Å²) >= 11 is 0. The topological polar surface area (TPSA) is 69.8 Å². The third-order valence-corrected chi connectivity index (χ3v) is 3.76. The predicted octanol–water partition coefficient (Wildman–Crippen LogP) is 1.50. The zero-order valence-electron chi connectivity index (χ0n) is 11.5. The molecule has 0 spiro atoms. The molecule has 0 aliphatic carbocycles. The largest absolute Gasteiger partial charge is 0.478 e. The molecular formula is C14H21N3O2. The van der Waals surface area contributed by atoms with E-state index in [1.54, 1.807) is 18.2 Å². The molecule has 1 fully saturated rings. The second kappa shape index (κ2) is 5.48. The first-order valence-corrected chi connectivity index (χ1v) is 6.64. The number of hydrogen-bond acceptors (Lipinski definition) is 4. The van der Waals surface area contributed by atoms with E-state index in [0.29, 0.717) is 17.3 Å². The quantitative estimate of drug-likeness (QED) is 0.809. The highest BCUT2D eigenvalue weighted by Gasteiger charge is 2.25. The Morgan fingerprint density at radius 1 is 1.47 bits per heavy atom. The van der Waals surface area contributed by atoms with Gasteiger partial charge < -0.3 is 15.7 Å². The maximum Gasteiger partial charge on any atom is 0.337 e. The van der Waals surface area contributed by atoms with Gasteiger partial charge in [0.1, 0.15) is 0 Å². The van der Waals surface area contributed by atoms with Gasteiger partial charge in [0.2, 0.25) is 0 Å². The maximum atomic E-state index is 11.3. The summed E-state index contributed by atoms with van der Waals surface area (Å²) in [5.74, 6) is -0.902. The van der Waals surface area contributed by atoms with Crippen LogP contribution in [0.2, 0.25) is 0 Å². The summed E-state index contributed by atoms with van der Waals surface area (Å²) < 4.78 is 0. The van der Waals surface area contributed by atoms with Crippen LogP contribution in [-0.2, 0) is 0 Å². The minimum absolute atomic E-state index is 0.325. The van der Waals surface area contributed by atoms with Crippen molar-refractivity contribution in [3.05, 3.63) is 23.8 Å². The standard InChI is InChI=1S/C14H21N3O2/c1-3-16-6-7-17(9-10(16)2)13-8-11(15)4-5-12(13)14(18)19/h4-5,8,10H,3,6-7,9,15H2,1-2H3,(H,18,19). The molecule has 1 aliphatic heterocycles. The summed E-state index contributed by atoms with van der Waals surface area (Å²) in [4.78, 5) is 15.8. The van der Waals surface area contributed by atoms with E-state index in [4.69, 9.17) is 5.73 Å². The first-order chi connectivity index (χ1) is 9.02. The van der Waals surface area contributed by atoms with Crippen LogP contribution in [0.5, 0.6) is 0 Å². The molecule has 3 N–H and O–H groups in total. The van der Waals surface area contributed by atoms with Crippen LogP contribution in [0.25, 0.3) is 0 Å². The number of carbonyl (C=O) groups is 1. The molecule has 19 heavy (non-hydrogen) atoms. The Morgan fingerprint density at radius 2 is 2.21 bits per heavy atom. The Balaban J connectivity index is 2.27. The number of anilines is 2. The highest BCUT2D eigenvalue weighted by Crippen LogP contribution is 2.26. The first kappa shape index (κ1) is 13.7. The molecule has 1 atom stereocenters. The van der Waals surface area contributed by atoms with Crippen molar-refractivity contribution in [2.45, 2.75) is 19.9 Å². The SMILES string of the molecule is CCN1CCN(c2cc(N)ccc2C(=O)O)CC1C. The third-order valence-electron chi connectivity index (χ3n) is 3.76. The molecular weight excluding hydrogens is 242 g/mol. The van der Waals surface area contributed by atoms with Gasteiger partial charge in [0, 0.05) is 31.4 Å². The zero-order chi connectivity index (χ0) is 14.0. The molecule has 0 aromatic heterocycles. The van der Waals surface area contributed by atoms with Crippen molar-refractivity contribution in [1.82, 2.24) is 4.90 Å². The summed E-state index contributed by atoms with van der Waals surface area (Å²) in [7, 11) is 0. The molecule has 5 nitrogen and oxygen atoms in total. The van der Waals surface area contributed by atoms with E-state index in [2.05, 4.69) is 23.6 Å². The molecule has 5 heteroatoms. The predicted molar refractivity (Wildman–Crippen MR) is 76.7 cm³/mol. The number of carboxylic acid groups (broad SMARTS) is 1. The minimum atomic E-state index is -0.902. The second-order valence-corrected chi connectivity index (χ2v) is 5.01. The van der Waals surface area contributed by atoms with Gasteiger partial charge in [0.05, 0.1) is 11.3 Å². The van der Waals surface area contributed by atoms with Crippen LogP contribution in [0.15, 0.2) is 18.2 Å². The summed E-state index contributed by atoms with van der Waals surface area (Å²) in [5.41, 5.74) is 7.45. The maximum absolute atomic E-state index is 11.3. The zero-order valence-corrected chi connectivity index (χ0v) is 11.5. The average Bonchev–Trinajstić information content (AvgIpc) is 2.38. The number of piperazine rings is 1. The average molecular weight is 263 g/mol. The summed E-state index contributed by atoms with van der Waals surface area (Å²) in [6, 6.07) is 5.40. The molecule has 0 bridgehead atoms. The van der Waals surface area contributed by atoms with E-state index in [-0.39, 0.29) is 0 Å². The second-order valence-electron chi connectivity index (χ2n) is 5.01. The van der Waals surface area contributed by atoms with Crippen molar-refractivity contribution >= 4 is 17.3 Å². The number of rotatable bonds is 3. The number of nitrogen functional groups attached to an aromatic ring is 1. The highest BCUT2D eigenvalue weighted by molar-refractivity contribution is 5.95. The molecule has 1 heterocycles. The van der Waals surface area contributed by atoms with Crippen molar-refractivity contribution < 1.29 is 9.90 Å². The minimum Gasteiger partial charge on any atom is -0.478 e. The summed E-state index contributed by atoms with van der Waals surface area (Å²) in [5, 5.41) is 9.27. The molecule has 0 amide bonds. The van der Waals surface area contributed by atoms with Crippen LogP contribution in [0, 0.1) is 0 Å². The summed E-state index contributed by atoms with van der Waals surface area (Å²) in [6.07, 6.45) is 0. The number of nitrogens with two attached hydrogens (primary N) is 1. The van der Waals surface area contributed by atoms with Gasteiger partial charge in [-0.15, -0.1) is 0 Å². The number of aromatic carboxylic acids is 1. The van der Waals surface area contributed by atoms with Crippen molar-refractivity contribution in [3.8, 4) is 0 Å². The van der Waals surface area contributed by atoms with Crippen molar-refractivity contribution in [3.63, 3.8) is 0 Å². The molecule has 0 radical (unpaired) electrons. The molecule has 1 aliphatic rings. The lowest BCUT2D eigenvalue weighted by molar-refractivity contribution is 0.0697. The Morgan fingerprint density at radius 3 is 2.79 bits per heavy atom. The van der Waals surface area contributed by atoms with Crippen molar-refractivity contribution in [2.75, 3.05) is 36.8 Å². The molecule has 2 rings (SSSR count). The van der Waals surface area contributed by atoms with Gasteiger partial charge in [-0.25, -0.2) is 4.79 Å². The van der Waals surface area contributed by atoms with Crippen LogP contribution >= 0.6 is 0 Å². The number of carboxylic acids is 1. The van der Waals surface area contributed by atoms with Crippen molar-refractivity contribution in [2.24, 2.45) is 0 Å². The van der Waals surface area contributed by atoms with Crippen LogP contribution < -0.4 is 10.6 Å². The number of benzene rings is 1. The fourth-order valence-electron chi connectivity index (χ4n) is 2.67. The van der Waals surface area contributed by atoms with Gasteiger partial charge in [0.25, 0.3) is 0 Å². The Hall–Kier alpha value is -1.75. The van der Waals surface area contributed by atoms with E-state index in [0.717, 1.165) is 31.9 Å². The monoisotopic (exact) mass is 263 g/mol. The van der Waals surface area contributed by atoms with Gasteiger partial charge in [-0.1, -0.05) is 6.92 Å². The lowest BCUT2D eigenvalue weighted by atomic mass is 10.1. The highest BCUT2D eigenvalue weighted by atomic mass is 16.4. The first-order valence-electron chi connectivity index (χ1n) is 6.64. The Bertz CT molecular complexity index is 476. The third kappa shape index (κ3) is 2.81. The molecule has 1 saturated heterocycles. The van der Waals surface area contributed by atoms with E-state index in [1.807, 2.05) is 0 Å². The number of likely N-dealkylation sites (N-methyl/N-ethyl adjacent to an activating group) is 1. The van der Waals surface area contributed by atoms with Crippen LogP contribution in [-0.4, -0.2) is 48.2 Å². The molecule has 1 aromatic carbocycles. The summed E-state index contributed by atoms with van der Waals surface area (Å²) in [6.45, 7) is 7.96. The fourth-order valence-corrected chi connectivity index (χ4v) is 2.67. The van der Waals surface area contributed by atoms with Crippen molar-refractivity contribution in [1.29, 1.82) is 0 Å². The van der Waals surface area contributed by atoms with E-state index < -0.39 is 5.97 Å². The van der Waals surface area contributed by atoms with Crippen LogP contribution in [0.1, 0.15) is 24.2 Å². The van der Waals surface area contributed by atoms with Crippen LogP contribution in [0.3, 0.4) is 0 Å². The molecule has 1 aromatic rings. The normalized spacial score (nSPS) is 20.5. The lowest BCUT2D eigenvalue weighted by Crippen LogP contribution is -2.52. The number of hydrogen-bond donors (Lipinski definition) is 2. The van der Waals surface area contributed by atoms with E-state index in [1.165, 1.54) is 0 Å². The molecule has 1 unspecified atom stereocenters. The van der Waals surface area contributed by atoms with E-state index in [9.17, 15) is 9.90 Å². The van der Waals surface area contributed by atoms with Gasteiger partial charge in [-0.3, -0.25) is 4.90 Å². The van der Waals surface area contributed by atoms with Gasteiger partial charge in [-0.2, -0.15) is 0 Å². The van der Waals surface area contributed by atoms with Crippen LogP contribution in [0.4, 0.5) is 11.4 Å². The Labute approximate surface area is 113 Å².